The van der Waals surface area contributed by atoms with Gasteiger partial charge in [0.2, 0.25) is 0 Å². The first kappa shape index (κ1) is 9.76. The van der Waals surface area contributed by atoms with Crippen LogP contribution >= 0.6 is 22.7 Å². The summed E-state index contributed by atoms with van der Waals surface area (Å²) in [6.45, 7) is 1.95. The molecular weight excluding hydrogens is 216 g/mol. The highest BCUT2D eigenvalue weighted by Gasteiger charge is 2.12. The van der Waals surface area contributed by atoms with E-state index in [0.717, 1.165) is 15.7 Å². The number of nitrogens with zero attached hydrogens (tertiary/aromatic N) is 2. The summed E-state index contributed by atoms with van der Waals surface area (Å²) in [5.41, 5.74) is 1.01. The first-order valence-corrected chi connectivity index (χ1v) is 6.00. The molecule has 1 N–H and O–H groups in total. The Morgan fingerprint density at radius 1 is 1.50 bits per heavy atom. The molecule has 0 aliphatic heterocycles. The molecule has 0 aliphatic rings. The lowest BCUT2D eigenvalue weighted by Gasteiger charge is -2.03. The number of thiazole rings is 2. The van der Waals surface area contributed by atoms with Crippen molar-refractivity contribution in [1.29, 1.82) is 0 Å². The maximum absolute atomic E-state index is 9.79. The average Bonchev–Trinajstić information content (AvgIpc) is 2.75. The van der Waals surface area contributed by atoms with Gasteiger partial charge >= 0.3 is 0 Å². The van der Waals surface area contributed by atoms with E-state index in [2.05, 4.69) is 9.97 Å². The van der Waals surface area contributed by atoms with Crippen LogP contribution in [0.25, 0.3) is 0 Å². The van der Waals surface area contributed by atoms with Crippen LogP contribution in [0.15, 0.2) is 17.0 Å². The van der Waals surface area contributed by atoms with Gasteiger partial charge in [0.05, 0.1) is 5.01 Å². The van der Waals surface area contributed by atoms with E-state index in [4.69, 9.17) is 0 Å². The largest absolute Gasteiger partial charge is 0.385 e. The van der Waals surface area contributed by atoms with Gasteiger partial charge in [0.1, 0.15) is 11.1 Å². The number of hydrogen-bond acceptors (Lipinski definition) is 5. The van der Waals surface area contributed by atoms with Gasteiger partial charge in [-0.05, 0) is 6.92 Å². The smallest absolute Gasteiger partial charge is 0.122 e. The Bertz CT molecular complexity index is 397. The molecule has 2 aromatic heterocycles. The van der Waals surface area contributed by atoms with Crippen molar-refractivity contribution in [1.82, 2.24) is 9.97 Å². The van der Waals surface area contributed by atoms with Crippen LogP contribution in [0.5, 0.6) is 0 Å². The van der Waals surface area contributed by atoms with Gasteiger partial charge in [-0.1, -0.05) is 0 Å². The summed E-state index contributed by atoms with van der Waals surface area (Å²) in [6, 6.07) is 0. The lowest BCUT2D eigenvalue weighted by molar-refractivity contribution is 0.178. The standard InChI is InChI=1S/C9H10N2OS2/c1-6-5-14-8(11-6)4-7(12)9-10-2-3-13-9/h2-3,5,7,12H,4H2,1H3. The number of aromatic nitrogens is 2. The second kappa shape index (κ2) is 4.16. The summed E-state index contributed by atoms with van der Waals surface area (Å²) in [5, 5.41) is 15.4. The minimum Gasteiger partial charge on any atom is -0.385 e. The summed E-state index contributed by atoms with van der Waals surface area (Å²) >= 11 is 3.05. The molecule has 0 fully saturated rings. The normalized spacial score (nSPS) is 13.0. The van der Waals surface area contributed by atoms with Gasteiger partial charge in [0.25, 0.3) is 0 Å². The lowest BCUT2D eigenvalue weighted by atomic mass is 10.3. The van der Waals surface area contributed by atoms with Gasteiger partial charge in [-0.25, -0.2) is 9.97 Å². The zero-order chi connectivity index (χ0) is 9.97. The van der Waals surface area contributed by atoms with Crippen molar-refractivity contribution < 1.29 is 5.11 Å². The molecule has 2 rings (SSSR count). The molecule has 14 heavy (non-hydrogen) atoms. The number of aliphatic hydroxyl groups excluding tert-OH is 1. The van der Waals surface area contributed by atoms with Crippen LogP contribution in [0.1, 0.15) is 21.8 Å². The quantitative estimate of drug-likeness (QED) is 0.872. The van der Waals surface area contributed by atoms with Crippen LogP contribution in [0.3, 0.4) is 0 Å². The Kier molecular flexibility index (Phi) is 2.90. The zero-order valence-electron chi connectivity index (χ0n) is 7.67. The number of aliphatic hydroxyl groups is 1. The molecule has 5 heteroatoms. The van der Waals surface area contributed by atoms with Gasteiger partial charge in [0.15, 0.2) is 0 Å². The summed E-state index contributed by atoms with van der Waals surface area (Å²) in [7, 11) is 0. The molecule has 2 heterocycles. The summed E-state index contributed by atoms with van der Waals surface area (Å²) in [6.07, 6.45) is 1.75. The van der Waals surface area contributed by atoms with Crippen LogP contribution in [-0.4, -0.2) is 15.1 Å². The van der Waals surface area contributed by atoms with Crippen molar-refractivity contribution in [3.8, 4) is 0 Å². The third-order valence-corrected chi connectivity index (χ3v) is 3.64. The van der Waals surface area contributed by atoms with Gasteiger partial charge in [0, 0.05) is 29.1 Å². The summed E-state index contributed by atoms with van der Waals surface area (Å²) < 4.78 is 0. The van der Waals surface area contributed by atoms with Gasteiger partial charge in [-0.15, -0.1) is 22.7 Å². The highest BCUT2D eigenvalue weighted by Crippen LogP contribution is 2.21. The average molecular weight is 226 g/mol. The van der Waals surface area contributed by atoms with Crippen LogP contribution in [0, 0.1) is 6.92 Å². The number of rotatable bonds is 3. The molecule has 0 spiro atoms. The maximum Gasteiger partial charge on any atom is 0.122 e. The highest BCUT2D eigenvalue weighted by molar-refractivity contribution is 7.10. The third-order valence-electron chi connectivity index (χ3n) is 1.77. The molecular formula is C9H10N2OS2. The highest BCUT2D eigenvalue weighted by atomic mass is 32.1. The SMILES string of the molecule is Cc1csc(CC(O)c2nccs2)n1. The molecule has 1 unspecified atom stereocenters. The topological polar surface area (TPSA) is 46.0 Å². The molecule has 0 amide bonds. The van der Waals surface area contributed by atoms with Crippen LogP contribution in [-0.2, 0) is 6.42 Å². The first-order valence-electron chi connectivity index (χ1n) is 4.24. The van der Waals surface area contributed by atoms with Gasteiger partial charge in [-0.3, -0.25) is 0 Å². The fourth-order valence-corrected chi connectivity index (χ4v) is 2.58. The second-order valence-corrected chi connectivity index (χ2v) is 4.84. The molecule has 74 valence electrons. The van der Waals surface area contributed by atoms with E-state index < -0.39 is 6.10 Å². The van der Waals surface area contributed by atoms with Crippen molar-refractivity contribution in [3.63, 3.8) is 0 Å². The van der Waals surface area contributed by atoms with E-state index in [9.17, 15) is 5.11 Å². The van der Waals surface area contributed by atoms with Crippen molar-refractivity contribution in [2.75, 3.05) is 0 Å². The van der Waals surface area contributed by atoms with Crippen molar-refractivity contribution in [2.24, 2.45) is 0 Å². The Balaban J connectivity index is 2.05. The fraction of sp³-hybridized carbons (Fsp3) is 0.333. The third kappa shape index (κ3) is 2.17. The van der Waals surface area contributed by atoms with E-state index in [-0.39, 0.29) is 0 Å². The van der Waals surface area contributed by atoms with Gasteiger partial charge in [-0.2, -0.15) is 0 Å². The maximum atomic E-state index is 9.79. The number of aryl methyl sites for hydroxylation is 1. The van der Waals surface area contributed by atoms with E-state index in [1.165, 1.54) is 11.3 Å². The Morgan fingerprint density at radius 2 is 2.36 bits per heavy atom. The molecule has 0 aliphatic carbocycles. The minimum atomic E-state index is -0.513. The van der Waals surface area contributed by atoms with Crippen LogP contribution in [0.4, 0.5) is 0 Å². The van der Waals surface area contributed by atoms with E-state index in [0.29, 0.717) is 6.42 Å². The van der Waals surface area contributed by atoms with Gasteiger partial charge < -0.3 is 5.11 Å². The zero-order valence-corrected chi connectivity index (χ0v) is 9.31. The fourth-order valence-electron chi connectivity index (χ4n) is 1.15. The van der Waals surface area contributed by atoms with E-state index in [1.807, 2.05) is 17.7 Å². The molecule has 2 aromatic rings. The van der Waals surface area contributed by atoms with Crippen molar-refractivity contribution in [2.45, 2.75) is 19.4 Å². The predicted octanol–water partition coefficient (Wildman–Crippen LogP) is 2.18. The summed E-state index contributed by atoms with van der Waals surface area (Å²) in [5.74, 6) is 0. The molecule has 3 nitrogen and oxygen atoms in total. The molecule has 0 saturated carbocycles. The lowest BCUT2D eigenvalue weighted by Crippen LogP contribution is -2.00. The molecule has 0 bridgehead atoms. The molecule has 0 radical (unpaired) electrons. The molecule has 1 atom stereocenters. The second-order valence-electron chi connectivity index (χ2n) is 2.97. The van der Waals surface area contributed by atoms with Crippen molar-refractivity contribution in [3.05, 3.63) is 32.7 Å². The minimum absolute atomic E-state index is 0.513. The monoisotopic (exact) mass is 226 g/mol. The Morgan fingerprint density at radius 3 is 2.93 bits per heavy atom. The molecule has 0 aromatic carbocycles. The summed E-state index contributed by atoms with van der Waals surface area (Å²) in [4.78, 5) is 8.36. The first-order chi connectivity index (χ1) is 6.75. The Labute approximate surface area is 90.1 Å². The molecule has 0 saturated heterocycles. The Hall–Kier alpha value is -0.780. The van der Waals surface area contributed by atoms with E-state index >= 15 is 0 Å². The van der Waals surface area contributed by atoms with E-state index in [1.54, 1.807) is 17.5 Å². The van der Waals surface area contributed by atoms with Crippen LogP contribution in [0.2, 0.25) is 0 Å². The van der Waals surface area contributed by atoms with Crippen molar-refractivity contribution >= 4 is 22.7 Å². The predicted molar refractivity (Wildman–Crippen MR) is 57.6 cm³/mol. The number of hydrogen-bond donors (Lipinski definition) is 1. The van der Waals surface area contributed by atoms with Crippen LogP contribution < -0.4 is 0 Å².